The van der Waals surface area contributed by atoms with E-state index in [0.29, 0.717) is 11.7 Å². The van der Waals surface area contributed by atoms with Crippen LogP contribution in [0.2, 0.25) is 0 Å². The lowest BCUT2D eigenvalue weighted by atomic mass is 10.1. The van der Waals surface area contributed by atoms with Gasteiger partial charge in [0.15, 0.2) is 6.23 Å². The van der Waals surface area contributed by atoms with Gasteiger partial charge in [0.1, 0.15) is 11.5 Å². The monoisotopic (exact) mass is 366 g/mol. The van der Waals surface area contributed by atoms with Gasteiger partial charge in [-0.1, -0.05) is 0 Å². The van der Waals surface area contributed by atoms with Gasteiger partial charge in [0.25, 0.3) is 0 Å². The summed E-state index contributed by atoms with van der Waals surface area (Å²) in [6, 6.07) is 4.41. The molecule has 1 saturated carbocycles. The molecule has 3 aromatic rings. The molecule has 7 nitrogen and oxygen atoms in total. The molecule has 3 aromatic heterocycles. The van der Waals surface area contributed by atoms with Crippen molar-refractivity contribution in [3.8, 4) is 11.4 Å². The van der Waals surface area contributed by atoms with E-state index in [1.807, 2.05) is 15.4 Å². The number of rotatable bonds is 4. The van der Waals surface area contributed by atoms with Crippen LogP contribution in [0, 0.1) is 0 Å². The molecule has 27 heavy (non-hydrogen) atoms. The summed E-state index contributed by atoms with van der Waals surface area (Å²) in [7, 11) is 0. The van der Waals surface area contributed by atoms with Gasteiger partial charge < -0.3 is 10.5 Å². The number of hydrogen-bond donors (Lipinski definition) is 1. The Morgan fingerprint density at radius 2 is 2.04 bits per heavy atom. The maximum Gasteiger partial charge on any atom is 0.150 e. The van der Waals surface area contributed by atoms with Crippen molar-refractivity contribution in [2.45, 2.75) is 64.1 Å². The molecule has 5 rings (SSSR count). The van der Waals surface area contributed by atoms with Crippen molar-refractivity contribution in [1.82, 2.24) is 24.5 Å². The van der Waals surface area contributed by atoms with Crippen LogP contribution in [0.4, 0.5) is 5.82 Å². The lowest BCUT2D eigenvalue weighted by Crippen LogP contribution is -2.20. The van der Waals surface area contributed by atoms with Gasteiger partial charge >= 0.3 is 0 Å². The van der Waals surface area contributed by atoms with Gasteiger partial charge in [0.2, 0.25) is 0 Å². The number of anilines is 1. The zero-order chi connectivity index (χ0) is 18.5. The Hall–Kier alpha value is -2.41. The van der Waals surface area contributed by atoms with Crippen LogP contribution in [0.1, 0.15) is 69.8 Å². The number of nitrogens with two attached hydrogens (primary N) is 1. The minimum Gasteiger partial charge on any atom is -0.383 e. The topological polar surface area (TPSA) is 83.8 Å². The number of fused-ring (bicyclic) bond motifs is 1. The first kappa shape index (κ1) is 16.7. The van der Waals surface area contributed by atoms with Gasteiger partial charge in [-0.05, 0) is 58.1 Å². The summed E-state index contributed by atoms with van der Waals surface area (Å²) in [6.45, 7) is 5.04. The summed E-state index contributed by atoms with van der Waals surface area (Å²) in [5.41, 5.74) is 10.3. The highest BCUT2D eigenvalue weighted by atomic mass is 16.5. The van der Waals surface area contributed by atoms with Crippen LogP contribution < -0.4 is 5.73 Å². The van der Waals surface area contributed by atoms with Gasteiger partial charge in [-0.2, -0.15) is 10.2 Å². The van der Waals surface area contributed by atoms with E-state index < -0.39 is 0 Å². The molecule has 2 aliphatic rings. The first-order valence-corrected chi connectivity index (χ1v) is 9.97. The summed E-state index contributed by atoms with van der Waals surface area (Å²) in [5, 5.41) is 10.8. The smallest absolute Gasteiger partial charge is 0.150 e. The third-order valence-corrected chi connectivity index (χ3v) is 5.56. The highest BCUT2D eigenvalue weighted by Crippen LogP contribution is 2.43. The van der Waals surface area contributed by atoms with Crippen molar-refractivity contribution in [2.24, 2.45) is 0 Å². The molecule has 1 unspecified atom stereocenters. The Labute approximate surface area is 158 Å². The van der Waals surface area contributed by atoms with Crippen LogP contribution in [0.15, 0.2) is 18.3 Å². The van der Waals surface area contributed by atoms with E-state index in [-0.39, 0.29) is 12.3 Å². The zero-order valence-electron chi connectivity index (χ0n) is 15.9. The van der Waals surface area contributed by atoms with Gasteiger partial charge in [-0.15, -0.1) is 0 Å². The number of pyridine rings is 1. The molecule has 2 fully saturated rings. The van der Waals surface area contributed by atoms with Crippen LogP contribution in [-0.4, -0.2) is 31.2 Å². The molecule has 142 valence electrons. The normalized spacial score (nSPS) is 20.6. The lowest BCUT2D eigenvalue weighted by molar-refractivity contribution is -0.0385. The first-order chi connectivity index (χ1) is 13.1. The summed E-state index contributed by atoms with van der Waals surface area (Å²) < 4.78 is 10.1. The predicted molar refractivity (Wildman–Crippen MR) is 104 cm³/mol. The molecule has 1 saturated heterocycles. The minimum absolute atomic E-state index is 0.0293. The van der Waals surface area contributed by atoms with E-state index in [0.717, 1.165) is 53.9 Å². The maximum atomic E-state index is 6.29. The fourth-order valence-electron chi connectivity index (χ4n) is 3.99. The molecule has 2 N–H and O–H groups in total. The van der Waals surface area contributed by atoms with Crippen molar-refractivity contribution in [2.75, 3.05) is 12.3 Å². The second-order valence-electron chi connectivity index (χ2n) is 7.97. The fourth-order valence-corrected chi connectivity index (χ4v) is 3.99. The van der Waals surface area contributed by atoms with E-state index in [9.17, 15) is 0 Å². The highest BCUT2D eigenvalue weighted by Gasteiger charge is 2.31. The largest absolute Gasteiger partial charge is 0.383 e. The molecule has 0 bridgehead atoms. The van der Waals surface area contributed by atoms with Gasteiger partial charge in [-0.25, -0.2) is 9.67 Å². The molecule has 0 amide bonds. The summed E-state index contributed by atoms with van der Waals surface area (Å²) in [6.07, 6.45) is 7.41. The second kappa shape index (κ2) is 6.34. The van der Waals surface area contributed by atoms with Crippen LogP contribution >= 0.6 is 0 Å². The molecular formula is C20H26N6O. The van der Waals surface area contributed by atoms with E-state index in [1.54, 1.807) is 6.20 Å². The Morgan fingerprint density at radius 3 is 2.74 bits per heavy atom. The summed E-state index contributed by atoms with van der Waals surface area (Å²) >= 11 is 0. The average molecular weight is 366 g/mol. The number of ether oxygens (including phenoxy) is 1. The van der Waals surface area contributed by atoms with E-state index in [2.05, 4.69) is 24.9 Å². The van der Waals surface area contributed by atoms with E-state index in [4.69, 9.17) is 20.7 Å². The van der Waals surface area contributed by atoms with Crippen LogP contribution in [0.25, 0.3) is 22.3 Å². The van der Waals surface area contributed by atoms with Gasteiger partial charge in [0, 0.05) is 24.8 Å². The molecule has 1 aliphatic heterocycles. The third-order valence-electron chi connectivity index (χ3n) is 5.56. The molecule has 0 aromatic carbocycles. The Kier molecular flexibility index (Phi) is 3.93. The summed E-state index contributed by atoms with van der Waals surface area (Å²) in [5.74, 6) is 1.09. The summed E-state index contributed by atoms with van der Waals surface area (Å²) in [4.78, 5) is 4.33. The molecular weight excluding hydrogens is 340 g/mol. The van der Waals surface area contributed by atoms with Gasteiger partial charge in [-0.3, -0.25) is 4.68 Å². The minimum atomic E-state index is -0.0293. The fraction of sp³-hybridized carbons (Fsp3) is 0.550. The number of aromatic nitrogens is 5. The van der Waals surface area contributed by atoms with Crippen molar-refractivity contribution < 1.29 is 4.74 Å². The Balaban J connectivity index is 1.72. The second-order valence-corrected chi connectivity index (χ2v) is 7.97. The maximum absolute atomic E-state index is 6.29. The molecule has 4 heterocycles. The molecule has 1 atom stereocenters. The Morgan fingerprint density at radius 1 is 1.19 bits per heavy atom. The van der Waals surface area contributed by atoms with Crippen LogP contribution in [-0.2, 0) is 4.74 Å². The Bertz CT molecular complexity index is 978. The number of nitrogens with zero attached hydrogens (tertiary/aromatic N) is 5. The average Bonchev–Trinajstić information content (AvgIpc) is 3.30. The van der Waals surface area contributed by atoms with E-state index >= 15 is 0 Å². The quantitative estimate of drug-likeness (QED) is 0.753. The molecule has 7 heteroatoms. The molecule has 0 spiro atoms. The lowest BCUT2D eigenvalue weighted by Gasteiger charge is -2.24. The van der Waals surface area contributed by atoms with E-state index in [1.165, 1.54) is 12.8 Å². The van der Waals surface area contributed by atoms with Gasteiger partial charge in [0.05, 0.1) is 22.3 Å². The first-order valence-electron chi connectivity index (χ1n) is 9.97. The standard InChI is InChI=1S/C20H26N6O/c1-12(2)25-15-8-9-22-20(21)18(15)19(24-25)16-11-14(13-6-7-13)23-26(16)17-5-3-4-10-27-17/h8-9,11-13,17H,3-7,10H2,1-2H3,(H2,21,22). The number of hydrogen-bond acceptors (Lipinski definition) is 5. The third kappa shape index (κ3) is 2.81. The molecule has 1 aliphatic carbocycles. The molecule has 0 radical (unpaired) electrons. The van der Waals surface area contributed by atoms with Crippen molar-refractivity contribution in [3.63, 3.8) is 0 Å². The highest BCUT2D eigenvalue weighted by molar-refractivity contribution is 5.99. The van der Waals surface area contributed by atoms with Crippen molar-refractivity contribution >= 4 is 16.7 Å². The van der Waals surface area contributed by atoms with Crippen molar-refractivity contribution in [3.05, 3.63) is 24.0 Å². The predicted octanol–water partition coefficient (Wildman–Crippen LogP) is 4.03. The van der Waals surface area contributed by atoms with Crippen molar-refractivity contribution in [1.29, 1.82) is 0 Å². The van der Waals surface area contributed by atoms with Crippen LogP contribution in [0.3, 0.4) is 0 Å². The number of nitrogen functional groups attached to an aromatic ring is 1. The zero-order valence-corrected chi connectivity index (χ0v) is 15.9. The SMILES string of the molecule is CC(C)n1nc(-c2cc(C3CC3)nn2C2CCCCO2)c2c(N)nccc21. The van der Waals surface area contributed by atoms with Crippen LogP contribution in [0.5, 0.6) is 0 Å².